The number of aromatic nitrogens is 4. The Morgan fingerprint density at radius 3 is 2.57 bits per heavy atom. The lowest BCUT2D eigenvalue weighted by Gasteiger charge is -2.13. The third-order valence-electron chi connectivity index (χ3n) is 4.28. The lowest BCUT2D eigenvalue weighted by Crippen LogP contribution is -2.26. The molecule has 1 aromatic carbocycles. The Morgan fingerprint density at radius 1 is 1.27 bits per heavy atom. The average molecular weight is 464 g/mol. The zero-order valence-corrected chi connectivity index (χ0v) is 17.1. The third kappa shape index (κ3) is 4.59. The van der Waals surface area contributed by atoms with E-state index in [0.29, 0.717) is 5.56 Å². The van der Waals surface area contributed by atoms with Gasteiger partial charge < -0.3 is 5.32 Å². The van der Waals surface area contributed by atoms with Crippen LogP contribution in [0.25, 0.3) is 0 Å². The molecular formula is C18H15Cl2F4N5O. The highest BCUT2D eigenvalue weighted by molar-refractivity contribution is 6.33. The number of carbonyl (C=O) groups excluding carboxylic acids is 1. The van der Waals surface area contributed by atoms with Gasteiger partial charge in [-0.1, -0.05) is 35.3 Å². The fourth-order valence-electron chi connectivity index (χ4n) is 2.77. The second-order valence-electron chi connectivity index (χ2n) is 6.51. The highest BCUT2D eigenvalue weighted by atomic mass is 35.5. The molecule has 0 saturated carbocycles. The van der Waals surface area contributed by atoms with Gasteiger partial charge in [0.1, 0.15) is 16.9 Å². The van der Waals surface area contributed by atoms with E-state index in [1.165, 1.54) is 36.9 Å². The van der Waals surface area contributed by atoms with Gasteiger partial charge in [-0.25, -0.2) is 4.39 Å². The number of benzene rings is 1. The molecule has 1 amide bonds. The number of nitrogens with one attached hydrogen (secondary N) is 1. The van der Waals surface area contributed by atoms with Crippen LogP contribution >= 0.6 is 23.2 Å². The van der Waals surface area contributed by atoms with Gasteiger partial charge in [0.25, 0.3) is 0 Å². The zero-order chi connectivity index (χ0) is 22.2. The predicted molar refractivity (Wildman–Crippen MR) is 103 cm³/mol. The number of nitrogens with zero attached hydrogens (tertiary/aromatic N) is 4. The lowest BCUT2D eigenvalue weighted by atomic mass is 10.2. The van der Waals surface area contributed by atoms with Crippen molar-refractivity contribution in [1.82, 2.24) is 19.6 Å². The summed E-state index contributed by atoms with van der Waals surface area (Å²) in [5.41, 5.74) is -0.644. The summed E-state index contributed by atoms with van der Waals surface area (Å²) in [5, 5.41) is 9.57. The Morgan fingerprint density at radius 2 is 1.97 bits per heavy atom. The molecule has 12 heteroatoms. The largest absolute Gasteiger partial charge is 0.436 e. The van der Waals surface area contributed by atoms with Crippen LogP contribution in [0, 0.1) is 12.7 Å². The Kier molecular flexibility index (Phi) is 6.09. The van der Waals surface area contributed by atoms with Crippen molar-refractivity contribution < 1.29 is 22.4 Å². The molecule has 2 aromatic heterocycles. The van der Waals surface area contributed by atoms with E-state index in [9.17, 15) is 22.4 Å². The van der Waals surface area contributed by atoms with Crippen LogP contribution < -0.4 is 5.32 Å². The minimum atomic E-state index is -4.75. The van der Waals surface area contributed by atoms with Crippen molar-refractivity contribution in [3.05, 3.63) is 63.3 Å². The molecular weight excluding hydrogens is 449 g/mol. The molecule has 1 unspecified atom stereocenters. The SMILES string of the molecule is Cc1c(Cl)c(C(F)(F)F)nn1C(C)C(=O)Nc1nn(Cc2cccc(F)c2)cc1Cl. The fraction of sp³-hybridized carbons (Fsp3) is 0.278. The van der Waals surface area contributed by atoms with E-state index >= 15 is 0 Å². The molecule has 0 bridgehead atoms. The normalized spacial score (nSPS) is 12.8. The van der Waals surface area contributed by atoms with Crippen LogP contribution in [0.3, 0.4) is 0 Å². The first-order valence-electron chi connectivity index (χ1n) is 8.57. The van der Waals surface area contributed by atoms with Crippen LogP contribution in [0.2, 0.25) is 10.0 Å². The Labute approximate surface area is 178 Å². The van der Waals surface area contributed by atoms with Gasteiger partial charge in [0.2, 0.25) is 5.91 Å². The molecule has 0 spiro atoms. The minimum absolute atomic E-state index is 0.00521. The highest BCUT2D eigenvalue weighted by Crippen LogP contribution is 2.36. The molecule has 1 atom stereocenters. The summed E-state index contributed by atoms with van der Waals surface area (Å²) in [7, 11) is 0. The maximum absolute atomic E-state index is 13.3. The van der Waals surface area contributed by atoms with Crippen molar-refractivity contribution in [3.8, 4) is 0 Å². The molecule has 0 aliphatic rings. The Hall–Kier alpha value is -2.59. The van der Waals surface area contributed by atoms with E-state index in [-0.39, 0.29) is 23.1 Å². The first-order chi connectivity index (χ1) is 14.0. The number of carbonyl (C=O) groups is 1. The smallest absolute Gasteiger partial charge is 0.306 e. The molecule has 3 rings (SSSR count). The fourth-order valence-corrected chi connectivity index (χ4v) is 3.20. The van der Waals surface area contributed by atoms with Gasteiger partial charge >= 0.3 is 6.18 Å². The van der Waals surface area contributed by atoms with Crippen LogP contribution in [0.15, 0.2) is 30.5 Å². The quantitative estimate of drug-likeness (QED) is 0.535. The van der Waals surface area contributed by atoms with Crippen LogP contribution in [-0.2, 0) is 17.5 Å². The number of hydrogen-bond acceptors (Lipinski definition) is 3. The van der Waals surface area contributed by atoms with E-state index in [0.717, 1.165) is 4.68 Å². The van der Waals surface area contributed by atoms with Gasteiger partial charge in [0.05, 0.1) is 17.3 Å². The molecule has 2 heterocycles. The number of hydrogen-bond donors (Lipinski definition) is 1. The van der Waals surface area contributed by atoms with Gasteiger partial charge in [-0.15, -0.1) is 0 Å². The van der Waals surface area contributed by atoms with Crippen molar-refractivity contribution in [2.24, 2.45) is 0 Å². The predicted octanol–water partition coefficient (Wildman–Crippen LogP) is 5.10. The summed E-state index contributed by atoms with van der Waals surface area (Å²) in [6.45, 7) is 2.89. The first kappa shape index (κ1) is 22.1. The maximum atomic E-state index is 13.3. The minimum Gasteiger partial charge on any atom is -0.306 e. The van der Waals surface area contributed by atoms with Crippen LogP contribution in [0.1, 0.15) is 29.9 Å². The molecule has 1 N–H and O–H groups in total. The summed E-state index contributed by atoms with van der Waals surface area (Å²) in [5.74, 6) is -1.08. The maximum Gasteiger partial charge on any atom is 0.436 e. The molecule has 6 nitrogen and oxygen atoms in total. The summed E-state index contributed by atoms with van der Waals surface area (Å²) < 4.78 is 54.6. The summed E-state index contributed by atoms with van der Waals surface area (Å²) >= 11 is 11.8. The van der Waals surface area contributed by atoms with Crippen LogP contribution in [0.4, 0.5) is 23.4 Å². The summed E-state index contributed by atoms with van der Waals surface area (Å²) in [6, 6.07) is 4.76. The lowest BCUT2D eigenvalue weighted by molar-refractivity contribution is -0.141. The van der Waals surface area contributed by atoms with Crippen molar-refractivity contribution >= 4 is 34.9 Å². The Bertz CT molecular complexity index is 1090. The molecule has 0 saturated heterocycles. The van der Waals surface area contributed by atoms with Gasteiger partial charge in [0, 0.05) is 6.20 Å². The van der Waals surface area contributed by atoms with E-state index in [1.54, 1.807) is 12.1 Å². The van der Waals surface area contributed by atoms with Crippen molar-refractivity contribution in [2.75, 3.05) is 5.32 Å². The van der Waals surface area contributed by atoms with E-state index in [1.807, 2.05) is 0 Å². The summed E-state index contributed by atoms with van der Waals surface area (Å²) in [6.07, 6.45) is -3.31. The standard InChI is InChI=1S/C18H15Cl2F4N5O/c1-9-14(20)15(18(22,23)24)26-29(9)10(2)17(30)25-16-13(19)8-28(27-16)7-11-4-3-5-12(21)6-11/h3-6,8,10H,7H2,1-2H3,(H,25,27,30). The average Bonchev–Trinajstić information content (AvgIpc) is 3.14. The van der Waals surface area contributed by atoms with E-state index < -0.39 is 34.7 Å². The number of amides is 1. The number of anilines is 1. The topological polar surface area (TPSA) is 64.7 Å². The third-order valence-corrected chi connectivity index (χ3v) is 5.01. The number of halogens is 6. The van der Waals surface area contributed by atoms with Crippen molar-refractivity contribution in [3.63, 3.8) is 0 Å². The first-order valence-corrected chi connectivity index (χ1v) is 9.33. The van der Waals surface area contributed by atoms with E-state index in [2.05, 4.69) is 15.5 Å². The van der Waals surface area contributed by atoms with Crippen LogP contribution in [0.5, 0.6) is 0 Å². The molecule has 0 aliphatic carbocycles. The molecule has 0 aliphatic heterocycles. The van der Waals surface area contributed by atoms with Gasteiger partial charge in [0.15, 0.2) is 11.5 Å². The van der Waals surface area contributed by atoms with Crippen molar-refractivity contribution in [1.29, 1.82) is 0 Å². The van der Waals surface area contributed by atoms with Gasteiger partial charge in [-0.3, -0.25) is 14.2 Å². The second kappa shape index (κ2) is 8.27. The van der Waals surface area contributed by atoms with Crippen molar-refractivity contribution in [2.45, 2.75) is 32.6 Å². The molecule has 30 heavy (non-hydrogen) atoms. The molecule has 160 valence electrons. The number of rotatable bonds is 5. The highest BCUT2D eigenvalue weighted by Gasteiger charge is 2.39. The van der Waals surface area contributed by atoms with Gasteiger partial charge in [-0.05, 0) is 31.5 Å². The Balaban J connectivity index is 1.77. The summed E-state index contributed by atoms with van der Waals surface area (Å²) in [4.78, 5) is 12.5. The molecule has 0 radical (unpaired) electrons. The molecule has 0 fully saturated rings. The monoisotopic (exact) mass is 463 g/mol. The van der Waals surface area contributed by atoms with Gasteiger partial charge in [-0.2, -0.15) is 23.4 Å². The van der Waals surface area contributed by atoms with E-state index in [4.69, 9.17) is 23.2 Å². The molecule has 3 aromatic rings. The zero-order valence-electron chi connectivity index (χ0n) is 15.6. The number of alkyl halides is 3. The van der Waals surface area contributed by atoms with Crippen LogP contribution in [-0.4, -0.2) is 25.5 Å². The second-order valence-corrected chi connectivity index (χ2v) is 7.29.